The van der Waals surface area contributed by atoms with Crippen molar-refractivity contribution in [3.05, 3.63) is 90.3 Å². The van der Waals surface area contributed by atoms with E-state index in [0.717, 1.165) is 11.1 Å². The van der Waals surface area contributed by atoms with E-state index in [4.69, 9.17) is 0 Å². The maximum atomic E-state index is 13.8. The van der Waals surface area contributed by atoms with E-state index in [2.05, 4.69) is 6.58 Å². The molecule has 0 aliphatic carbocycles. The highest BCUT2D eigenvalue weighted by atomic mass is 19.1. The van der Waals surface area contributed by atoms with E-state index in [-0.39, 0.29) is 5.82 Å². The number of halogens is 1. The van der Waals surface area contributed by atoms with Gasteiger partial charge in [-0.05, 0) is 17.2 Å². The van der Waals surface area contributed by atoms with E-state index in [1.165, 1.54) is 6.07 Å². The molecule has 0 aliphatic heterocycles. The van der Waals surface area contributed by atoms with Crippen LogP contribution in [0.15, 0.2) is 73.3 Å². The molecule has 0 aromatic heterocycles. The van der Waals surface area contributed by atoms with Gasteiger partial charge in [0.15, 0.2) is 0 Å². The Morgan fingerprint density at radius 2 is 1.59 bits per heavy atom. The summed E-state index contributed by atoms with van der Waals surface area (Å²) in [7, 11) is 0. The molecule has 0 amide bonds. The normalized spacial score (nSPS) is 11.2. The predicted molar refractivity (Wildman–Crippen MR) is 70.1 cm³/mol. The fourth-order valence-corrected chi connectivity index (χ4v) is 1.76. The van der Waals surface area contributed by atoms with Crippen LogP contribution in [0, 0.1) is 5.82 Å². The lowest BCUT2D eigenvalue weighted by Gasteiger charge is -2.08. The maximum Gasteiger partial charge on any atom is 0.131 e. The minimum absolute atomic E-state index is 0.218. The maximum absolute atomic E-state index is 13.8. The molecule has 0 N–H and O–H groups in total. The molecule has 0 aliphatic rings. The minimum atomic E-state index is -0.218. The van der Waals surface area contributed by atoms with Crippen molar-refractivity contribution in [3.8, 4) is 0 Å². The first kappa shape index (κ1) is 11.3. The van der Waals surface area contributed by atoms with Gasteiger partial charge in [0.1, 0.15) is 5.82 Å². The largest absolute Gasteiger partial charge is 0.206 e. The van der Waals surface area contributed by atoms with Crippen molar-refractivity contribution in [1.82, 2.24) is 0 Å². The second-order valence-electron chi connectivity index (χ2n) is 3.66. The van der Waals surface area contributed by atoms with Crippen LogP contribution >= 0.6 is 0 Å². The summed E-state index contributed by atoms with van der Waals surface area (Å²) < 4.78 is 13.8. The second kappa shape index (κ2) is 5.26. The Kier molecular flexibility index (Phi) is 3.51. The van der Waals surface area contributed by atoms with Gasteiger partial charge in [0, 0.05) is 5.56 Å². The smallest absolute Gasteiger partial charge is 0.131 e. The third-order valence-corrected chi connectivity index (χ3v) is 2.53. The zero-order chi connectivity index (χ0) is 12.1. The lowest BCUT2D eigenvalue weighted by Crippen LogP contribution is -1.91. The van der Waals surface area contributed by atoms with Crippen molar-refractivity contribution in [2.45, 2.75) is 0 Å². The summed E-state index contributed by atoms with van der Waals surface area (Å²) in [6.07, 6.45) is 3.50. The SMILES string of the molecule is C=CC=C(c1ccccc1)c1ccccc1F. The molecule has 0 heterocycles. The van der Waals surface area contributed by atoms with Crippen LogP contribution in [0.3, 0.4) is 0 Å². The molecule has 0 unspecified atom stereocenters. The van der Waals surface area contributed by atoms with Crippen LogP contribution in [0.5, 0.6) is 0 Å². The Labute approximate surface area is 101 Å². The number of hydrogen-bond donors (Lipinski definition) is 0. The molecule has 0 nitrogen and oxygen atoms in total. The zero-order valence-electron chi connectivity index (χ0n) is 9.44. The Morgan fingerprint density at radius 1 is 0.941 bits per heavy atom. The van der Waals surface area contributed by atoms with Crippen molar-refractivity contribution < 1.29 is 4.39 Å². The topological polar surface area (TPSA) is 0 Å². The Bertz CT molecular complexity index is 538. The van der Waals surface area contributed by atoms with E-state index < -0.39 is 0 Å². The number of hydrogen-bond acceptors (Lipinski definition) is 0. The van der Waals surface area contributed by atoms with Gasteiger partial charge in [-0.2, -0.15) is 0 Å². The molecule has 84 valence electrons. The van der Waals surface area contributed by atoms with Crippen molar-refractivity contribution >= 4 is 5.57 Å². The first-order valence-corrected chi connectivity index (χ1v) is 5.46. The monoisotopic (exact) mass is 224 g/mol. The predicted octanol–water partition coefficient (Wildman–Crippen LogP) is 4.44. The molecule has 0 atom stereocenters. The lowest BCUT2D eigenvalue weighted by atomic mass is 9.97. The molecule has 0 radical (unpaired) electrons. The summed E-state index contributed by atoms with van der Waals surface area (Å²) in [5.41, 5.74) is 2.43. The van der Waals surface area contributed by atoms with Crippen LogP contribution in [0.25, 0.3) is 5.57 Å². The molecule has 0 spiro atoms. The Balaban J connectivity index is 2.56. The van der Waals surface area contributed by atoms with Gasteiger partial charge in [-0.15, -0.1) is 0 Å². The molecule has 17 heavy (non-hydrogen) atoms. The van der Waals surface area contributed by atoms with Crippen molar-refractivity contribution in [2.24, 2.45) is 0 Å². The van der Waals surface area contributed by atoms with Gasteiger partial charge >= 0.3 is 0 Å². The summed E-state index contributed by atoms with van der Waals surface area (Å²) >= 11 is 0. The van der Waals surface area contributed by atoms with Gasteiger partial charge in [-0.1, -0.05) is 67.3 Å². The highest BCUT2D eigenvalue weighted by Gasteiger charge is 2.08. The molecule has 0 saturated heterocycles. The average molecular weight is 224 g/mol. The standard InChI is InChI=1S/C16H13F/c1-2-8-14(13-9-4-3-5-10-13)15-11-6-7-12-16(15)17/h2-12H,1H2. The first-order valence-electron chi connectivity index (χ1n) is 5.46. The molecule has 2 aromatic rings. The second-order valence-corrected chi connectivity index (χ2v) is 3.66. The van der Waals surface area contributed by atoms with Crippen molar-refractivity contribution in [2.75, 3.05) is 0 Å². The molecule has 2 aromatic carbocycles. The highest BCUT2D eigenvalue weighted by molar-refractivity contribution is 5.80. The lowest BCUT2D eigenvalue weighted by molar-refractivity contribution is 0.624. The highest BCUT2D eigenvalue weighted by Crippen LogP contribution is 2.25. The molecule has 2 rings (SSSR count). The van der Waals surface area contributed by atoms with Gasteiger partial charge in [0.05, 0.1) is 0 Å². The summed E-state index contributed by atoms with van der Waals surface area (Å²) in [4.78, 5) is 0. The van der Waals surface area contributed by atoms with Gasteiger partial charge in [-0.25, -0.2) is 4.39 Å². The Morgan fingerprint density at radius 3 is 2.24 bits per heavy atom. The van der Waals surface area contributed by atoms with Gasteiger partial charge in [-0.3, -0.25) is 0 Å². The average Bonchev–Trinajstić information content (AvgIpc) is 2.38. The molecular weight excluding hydrogens is 211 g/mol. The van der Waals surface area contributed by atoms with E-state index in [9.17, 15) is 4.39 Å². The van der Waals surface area contributed by atoms with Crippen LogP contribution in [0.1, 0.15) is 11.1 Å². The number of allylic oxidation sites excluding steroid dienone is 2. The van der Waals surface area contributed by atoms with Crippen molar-refractivity contribution in [1.29, 1.82) is 0 Å². The fourth-order valence-electron chi connectivity index (χ4n) is 1.76. The van der Waals surface area contributed by atoms with Gasteiger partial charge in [0.2, 0.25) is 0 Å². The third kappa shape index (κ3) is 2.51. The van der Waals surface area contributed by atoms with Crippen LogP contribution in [0.4, 0.5) is 4.39 Å². The summed E-state index contributed by atoms with van der Waals surface area (Å²) in [6, 6.07) is 16.5. The fraction of sp³-hybridized carbons (Fsp3) is 0. The first-order chi connectivity index (χ1) is 8.33. The number of benzene rings is 2. The van der Waals surface area contributed by atoms with E-state index in [1.807, 2.05) is 42.5 Å². The van der Waals surface area contributed by atoms with Crippen molar-refractivity contribution in [3.63, 3.8) is 0 Å². The van der Waals surface area contributed by atoms with Crippen LogP contribution in [-0.4, -0.2) is 0 Å². The molecular formula is C16H13F. The summed E-state index contributed by atoms with van der Waals surface area (Å²) in [6.45, 7) is 3.68. The summed E-state index contributed by atoms with van der Waals surface area (Å²) in [5, 5.41) is 0. The van der Waals surface area contributed by atoms with Crippen LogP contribution in [0.2, 0.25) is 0 Å². The minimum Gasteiger partial charge on any atom is -0.206 e. The molecule has 0 bridgehead atoms. The number of rotatable bonds is 3. The van der Waals surface area contributed by atoms with Crippen LogP contribution in [-0.2, 0) is 0 Å². The Hall–Kier alpha value is -2.15. The van der Waals surface area contributed by atoms with E-state index in [0.29, 0.717) is 5.56 Å². The third-order valence-electron chi connectivity index (χ3n) is 2.53. The van der Waals surface area contributed by atoms with Crippen LogP contribution < -0.4 is 0 Å². The van der Waals surface area contributed by atoms with E-state index in [1.54, 1.807) is 18.2 Å². The van der Waals surface area contributed by atoms with Gasteiger partial charge in [0.25, 0.3) is 0 Å². The molecule has 0 fully saturated rings. The quantitative estimate of drug-likeness (QED) is 0.676. The van der Waals surface area contributed by atoms with Gasteiger partial charge < -0.3 is 0 Å². The molecule has 0 saturated carbocycles. The van der Waals surface area contributed by atoms with E-state index >= 15 is 0 Å². The zero-order valence-corrected chi connectivity index (χ0v) is 9.44. The molecule has 1 heteroatoms. The summed E-state index contributed by atoms with van der Waals surface area (Å²) in [5.74, 6) is -0.218.